The summed E-state index contributed by atoms with van der Waals surface area (Å²) >= 11 is 11.6. The van der Waals surface area contributed by atoms with E-state index in [0.717, 1.165) is 19.5 Å². The summed E-state index contributed by atoms with van der Waals surface area (Å²) in [5, 5.41) is 0.258. The van der Waals surface area contributed by atoms with Crippen molar-refractivity contribution in [2.45, 2.75) is 31.2 Å². The second-order valence-electron chi connectivity index (χ2n) is 5.14. The topological polar surface area (TPSA) is 53.5 Å². The number of halogens is 2. The number of hydrogen-bond donors (Lipinski definition) is 0. The zero-order valence-electron chi connectivity index (χ0n) is 12.1. The van der Waals surface area contributed by atoms with Gasteiger partial charge in [-0.2, -0.15) is 4.31 Å². The molecule has 1 aromatic heterocycles. The van der Waals surface area contributed by atoms with Crippen molar-refractivity contribution in [1.82, 2.24) is 14.2 Å². The van der Waals surface area contributed by atoms with Crippen molar-refractivity contribution in [3.05, 3.63) is 22.4 Å². The van der Waals surface area contributed by atoms with Crippen LogP contribution in [-0.2, 0) is 10.0 Å². The van der Waals surface area contributed by atoms with Gasteiger partial charge in [-0.25, -0.2) is 13.4 Å². The van der Waals surface area contributed by atoms with Crippen LogP contribution >= 0.6 is 23.2 Å². The Kier molecular flexibility index (Phi) is 5.48. The molecule has 0 amide bonds. The average molecular weight is 352 g/mol. The van der Waals surface area contributed by atoms with Crippen molar-refractivity contribution in [3.8, 4) is 0 Å². The average Bonchev–Trinajstić information content (AvgIpc) is 2.49. The highest BCUT2D eigenvalue weighted by molar-refractivity contribution is 7.89. The van der Waals surface area contributed by atoms with Gasteiger partial charge < -0.3 is 0 Å². The Labute approximate surface area is 135 Å². The summed E-state index contributed by atoms with van der Waals surface area (Å²) in [7, 11) is -3.56. The van der Waals surface area contributed by atoms with Gasteiger partial charge in [-0.05, 0) is 19.4 Å². The molecule has 1 saturated heterocycles. The van der Waals surface area contributed by atoms with E-state index in [1.54, 1.807) is 0 Å². The Morgan fingerprint density at radius 3 is 2.43 bits per heavy atom. The molecule has 0 saturated carbocycles. The third kappa shape index (κ3) is 3.68. The zero-order valence-corrected chi connectivity index (χ0v) is 14.4. The van der Waals surface area contributed by atoms with Gasteiger partial charge in [-0.3, -0.25) is 4.90 Å². The molecule has 2 rings (SSSR count). The number of nitrogens with zero attached hydrogens (tertiary/aromatic N) is 3. The molecule has 1 atom stereocenters. The van der Waals surface area contributed by atoms with Crippen molar-refractivity contribution in [2.75, 3.05) is 26.2 Å². The first-order valence-electron chi connectivity index (χ1n) is 6.91. The van der Waals surface area contributed by atoms with Crippen LogP contribution < -0.4 is 0 Å². The summed E-state index contributed by atoms with van der Waals surface area (Å²) < 4.78 is 26.6. The SMILES string of the molecule is CCC(C)N1CCN(S(=O)(=O)c2cnc(Cl)c(Cl)c2)CC1. The standard InChI is InChI=1S/C13H19Cl2N3O2S/c1-3-10(2)17-4-6-18(7-5-17)21(19,20)11-8-12(14)13(15)16-9-11/h8-10H,3-7H2,1-2H3. The monoisotopic (exact) mass is 351 g/mol. The lowest BCUT2D eigenvalue weighted by molar-refractivity contribution is 0.142. The van der Waals surface area contributed by atoms with Gasteiger partial charge in [0.15, 0.2) is 0 Å². The Bertz CT molecular complexity index is 601. The van der Waals surface area contributed by atoms with E-state index in [1.165, 1.54) is 16.6 Å². The lowest BCUT2D eigenvalue weighted by Crippen LogP contribution is -2.51. The molecule has 0 N–H and O–H groups in total. The van der Waals surface area contributed by atoms with E-state index in [2.05, 4.69) is 23.7 Å². The fourth-order valence-electron chi connectivity index (χ4n) is 2.34. The Hall–Kier alpha value is -0.400. The van der Waals surface area contributed by atoms with Gasteiger partial charge in [-0.15, -0.1) is 0 Å². The predicted octanol–water partition coefficient (Wildman–Crippen LogP) is 2.49. The van der Waals surface area contributed by atoms with E-state index in [4.69, 9.17) is 23.2 Å². The van der Waals surface area contributed by atoms with Crippen molar-refractivity contribution in [3.63, 3.8) is 0 Å². The molecule has 8 heteroatoms. The highest BCUT2D eigenvalue weighted by atomic mass is 35.5. The van der Waals surface area contributed by atoms with Crippen molar-refractivity contribution in [2.24, 2.45) is 0 Å². The third-order valence-corrected chi connectivity index (χ3v) is 6.45. The van der Waals surface area contributed by atoms with Crippen LogP contribution in [0.4, 0.5) is 0 Å². The van der Waals surface area contributed by atoms with Crippen molar-refractivity contribution in [1.29, 1.82) is 0 Å². The molecule has 0 aromatic carbocycles. The van der Waals surface area contributed by atoms with Crippen LogP contribution in [0.2, 0.25) is 10.2 Å². The van der Waals surface area contributed by atoms with Gasteiger partial charge in [0.1, 0.15) is 10.0 Å². The Morgan fingerprint density at radius 2 is 1.90 bits per heavy atom. The Balaban J connectivity index is 2.13. The summed E-state index contributed by atoms with van der Waals surface area (Å²) in [6.45, 7) is 6.73. The maximum Gasteiger partial charge on any atom is 0.244 e. The molecule has 0 radical (unpaired) electrons. The fourth-order valence-corrected chi connectivity index (χ4v) is 4.07. The van der Waals surface area contributed by atoms with Gasteiger partial charge in [0.05, 0.1) is 5.02 Å². The molecule has 0 aliphatic carbocycles. The second-order valence-corrected chi connectivity index (χ2v) is 7.84. The molecule has 1 aliphatic heterocycles. The maximum absolute atomic E-state index is 12.6. The predicted molar refractivity (Wildman–Crippen MR) is 84.3 cm³/mol. The largest absolute Gasteiger partial charge is 0.298 e. The first-order chi connectivity index (χ1) is 9.86. The van der Waals surface area contributed by atoms with E-state index in [1.807, 2.05) is 0 Å². The first kappa shape index (κ1) is 17.0. The zero-order chi connectivity index (χ0) is 15.6. The smallest absolute Gasteiger partial charge is 0.244 e. The van der Waals surface area contributed by atoms with E-state index < -0.39 is 10.0 Å². The van der Waals surface area contributed by atoms with Crippen molar-refractivity contribution >= 4 is 33.2 Å². The molecule has 0 spiro atoms. The molecule has 1 aliphatic rings. The number of sulfonamides is 1. The molecule has 1 aromatic rings. The molecule has 21 heavy (non-hydrogen) atoms. The van der Waals surface area contributed by atoms with Crippen LogP contribution in [0.3, 0.4) is 0 Å². The number of pyridine rings is 1. The molecule has 118 valence electrons. The lowest BCUT2D eigenvalue weighted by Gasteiger charge is -2.37. The van der Waals surface area contributed by atoms with Crippen LogP contribution in [0.1, 0.15) is 20.3 Å². The molecule has 1 unspecified atom stereocenters. The minimum Gasteiger partial charge on any atom is -0.298 e. The van der Waals surface area contributed by atoms with Crippen LogP contribution in [0.15, 0.2) is 17.2 Å². The highest BCUT2D eigenvalue weighted by Crippen LogP contribution is 2.25. The van der Waals surface area contributed by atoms with Gasteiger partial charge in [-0.1, -0.05) is 30.1 Å². The minimum atomic E-state index is -3.56. The number of rotatable bonds is 4. The van der Waals surface area contributed by atoms with Gasteiger partial charge >= 0.3 is 0 Å². The van der Waals surface area contributed by atoms with Crippen LogP contribution in [-0.4, -0.2) is 54.8 Å². The van der Waals surface area contributed by atoms with E-state index in [9.17, 15) is 8.42 Å². The third-order valence-electron chi connectivity index (χ3n) is 3.90. The summed E-state index contributed by atoms with van der Waals surface area (Å²) in [5.74, 6) is 0. The second kappa shape index (κ2) is 6.79. The molecule has 2 heterocycles. The molecular weight excluding hydrogens is 333 g/mol. The normalized spacial score (nSPS) is 19.6. The lowest BCUT2D eigenvalue weighted by atomic mass is 10.2. The van der Waals surface area contributed by atoms with E-state index >= 15 is 0 Å². The van der Waals surface area contributed by atoms with E-state index in [-0.39, 0.29) is 15.1 Å². The first-order valence-corrected chi connectivity index (χ1v) is 9.11. The number of hydrogen-bond acceptors (Lipinski definition) is 4. The summed E-state index contributed by atoms with van der Waals surface area (Å²) in [5.41, 5.74) is 0. The molecule has 1 fully saturated rings. The minimum absolute atomic E-state index is 0.0916. The quantitative estimate of drug-likeness (QED) is 0.782. The van der Waals surface area contributed by atoms with Gasteiger partial charge in [0, 0.05) is 38.4 Å². The molecular formula is C13H19Cl2N3O2S. The maximum atomic E-state index is 12.6. The Morgan fingerprint density at radius 1 is 1.29 bits per heavy atom. The van der Waals surface area contributed by atoms with Gasteiger partial charge in [0.25, 0.3) is 0 Å². The number of aromatic nitrogens is 1. The highest BCUT2D eigenvalue weighted by Gasteiger charge is 2.30. The molecule has 0 bridgehead atoms. The molecule has 5 nitrogen and oxygen atoms in total. The summed E-state index contributed by atoms with van der Waals surface area (Å²) in [6.07, 6.45) is 2.31. The van der Waals surface area contributed by atoms with E-state index in [0.29, 0.717) is 19.1 Å². The summed E-state index contributed by atoms with van der Waals surface area (Å²) in [4.78, 5) is 6.21. The van der Waals surface area contributed by atoms with Crippen molar-refractivity contribution < 1.29 is 8.42 Å². The van der Waals surface area contributed by atoms with Crippen LogP contribution in [0, 0.1) is 0 Å². The van der Waals surface area contributed by atoms with Crippen LogP contribution in [0.25, 0.3) is 0 Å². The fraction of sp³-hybridized carbons (Fsp3) is 0.615. The van der Waals surface area contributed by atoms with Crippen LogP contribution in [0.5, 0.6) is 0 Å². The van der Waals surface area contributed by atoms with Gasteiger partial charge in [0.2, 0.25) is 10.0 Å². The number of piperazine rings is 1. The summed E-state index contributed by atoms with van der Waals surface area (Å²) in [6, 6.07) is 1.83.